The third-order valence-electron chi connectivity index (χ3n) is 3.66. The summed E-state index contributed by atoms with van der Waals surface area (Å²) in [4.78, 5) is 23.7. The zero-order valence-corrected chi connectivity index (χ0v) is 12.0. The molecule has 0 radical (unpaired) electrons. The highest BCUT2D eigenvalue weighted by Gasteiger charge is 2.45. The summed E-state index contributed by atoms with van der Waals surface area (Å²) in [6.07, 6.45) is 2.85. The van der Waals surface area contributed by atoms with Crippen LogP contribution < -0.4 is 0 Å². The molecule has 0 fully saturated rings. The summed E-state index contributed by atoms with van der Waals surface area (Å²) < 4.78 is 10.3. The summed E-state index contributed by atoms with van der Waals surface area (Å²) in [6, 6.07) is 16.5. The summed E-state index contributed by atoms with van der Waals surface area (Å²) in [5, 5.41) is 0. The molecule has 4 heteroatoms. The van der Waals surface area contributed by atoms with Gasteiger partial charge in [0.25, 0.3) is 0 Å². The predicted molar refractivity (Wildman–Crippen MR) is 80.2 cm³/mol. The van der Waals surface area contributed by atoms with Crippen molar-refractivity contribution in [3.8, 4) is 0 Å². The summed E-state index contributed by atoms with van der Waals surface area (Å²) in [7, 11) is 1.30. The Morgan fingerprint density at radius 1 is 1.09 bits per heavy atom. The molecule has 2 aromatic carbocycles. The molecule has 4 nitrogen and oxygen atoms in total. The van der Waals surface area contributed by atoms with Gasteiger partial charge >= 0.3 is 11.9 Å². The van der Waals surface area contributed by atoms with E-state index in [1.807, 2.05) is 42.5 Å². The van der Waals surface area contributed by atoms with E-state index < -0.39 is 17.5 Å². The van der Waals surface area contributed by atoms with Crippen LogP contribution in [0.3, 0.4) is 0 Å². The Morgan fingerprint density at radius 2 is 1.77 bits per heavy atom. The van der Waals surface area contributed by atoms with E-state index in [1.165, 1.54) is 13.2 Å². The minimum absolute atomic E-state index is 0.408. The van der Waals surface area contributed by atoms with Crippen LogP contribution in [0.2, 0.25) is 0 Å². The number of benzene rings is 2. The average Bonchev–Trinajstić information content (AvgIpc) is 2.87. The highest BCUT2D eigenvalue weighted by molar-refractivity contribution is 5.96. The number of methoxy groups -OCH3 is 1. The van der Waals surface area contributed by atoms with Gasteiger partial charge in [-0.25, -0.2) is 9.59 Å². The van der Waals surface area contributed by atoms with E-state index in [1.54, 1.807) is 18.2 Å². The Kier molecular flexibility index (Phi) is 3.51. The van der Waals surface area contributed by atoms with Crippen LogP contribution in [0.15, 0.2) is 66.7 Å². The van der Waals surface area contributed by atoms with Crippen molar-refractivity contribution in [2.75, 3.05) is 7.11 Å². The zero-order chi connectivity index (χ0) is 15.6. The van der Waals surface area contributed by atoms with Crippen molar-refractivity contribution in [1.29, 1.82) is 0 Å². The Hall–Kier alpha value is -2.88. The molecular weight excluding hydrogens is 280 g/mol. The molecule has 110 valence electrons. The topological polar surface area (TPSA) is 52.6 Å². The second kappa shape index (κ2) is 5.48. The SMILES string of the molecule is COC(=O)/C=C/C1(c2ccccc2)OC(=O)c2ccccc21. The van der Waals surface area contributed by atoms with Crippen LogP contribution in [-0.4, -0.2) is 19.0 Å². The number of carbonyl (C=O) groups is 2. The van der Waals surface area contributed by atoms with Gasteiger partial charge in [-0.15, -0.1) is 0 Å². The van der Waals surface area contributed by atoms with Crippen molar-refractivity contribution in [3.05, 3.63) is 83.4 Å². The molecule has 2 aromatic rings. The molecule has 22 heavy (non-hydrogen) atoms. The summed E-state index contributed by atoms with van der Waals surface area (Å²) >= 11 is 0. The molecule has 0 N–H and O–H groups in total. The first-order chi connectivity index (χ1) is 10.7. The quantitative estimate of drug-likeness (QED) is 0.645. The van der Waals surface area contributed by atoms with E-state index >= 15 is 0 Å². The first kappa shape index (κ1) is 14.1. The zero-order valence-electron chi connectivity index (χ0n) is 12.0. The molecule has 0 saturated heterocycles. The number of esters is 2. The maximum Gasteiger partial charge on any atom is 0.340 e. The lowest BCUT2D eigenvalue weighted by Crippen LogP contribution is -2.25. The smallest absolute Gasteiger partial charge is 0.340 e. The maximum absolute atomic E-state index is 12.2. The second-order valence-electron chi connectivity index (χ2n) is 4.89. The molecule has 0 aliphatic carbocycles. The van der Waals surface area contributed by atoms with Gasteiger partial charge < -0.3 is 9.47 Å². The Morgan fingerprint density at radius 3 is 2.50 bits per heavy atom. The van der Waals surface area contributed by atoms with Crippen LogP contribution in [0.25, 0.3) is 0 Å². The summed E-state index contributed by atoms with van der Waals surface area (Å²) in [5.41, 5.74) is 0.879. The molecule has 3 rings (SSSR count). The molecule has 0 amide bonds. The van der Waals surface area contributed by atoms with Crippen LogP contribution in [0, 0.1) is 0 Å². The largest absolute Gasteiger partial charge is 0.466 e. The molecule has 1 aliphatic rings. The van der Waals surface area contributed by atoms with Crippen molar-refractivity contribution in [2.45, 2.75) is 5.60 Å². The van der Waals surface area contributed by atoms with Crippen LogP contribution in [0.5, 0.6) is 0 Å². The molecule has 0 bridgehead atoms. The minimum atomic E-state index is -1.11. The lowest BCUT2D eigenvalue weighted by atomic mass is 9.85. The van der Waals surface area contributed by atoms with Crippen molar-refractivity contribution >= 4 is 11.9 Å². The summed E-state index contributed by atoms with van der Waals surface area (Å²) in [6.45, 7) is 0. The average molecular weight is 294 g/mol. The number of fused-ring (bicyclic) bond motifs is 1. The molecule has 0 saturated carbocycles. The number of hydrogen-bond donors (Lipinski definition) is 0. The summed E-state index contributed by atoms with van der Waals surface area (Å²) in [5.74, 6) is -0.912. The molecule has 0 aromatic heterocycles. The first-order valence-electron chi connectivity index (χ1n) is 6.83. The number of carbonyl (C=O) groups excluding carboxylic acids is 2. The number of ether oxygens (including phenoxy) is 2. The minimum Gasteiger partial charge on any atom is -0.466 e. The van der Waals surface area contributed by atoms with Crippen LogP contribution in [0.4, 0.5) is 0 Å². The van der Waals surface area contributed by atoms with Gasteiger partial charge in [-0.05, 0) is 12.1 Å². The van der Waals surface area contributed by atoms with Crippen LogP contribution >= 0.6 is 0 Å². The third-order valence-corrected chi connectivity index (χ3v) is 3.66. The highest BCUT2D eigenvalue weighted by atomic mass is 16.6. The molecule has 1 atom stereocenters. The van der Waals surface area contributed by atoms with E-state index in [9.17, 15) is 9.59 Å². The van der Waals surface area contributed by atoms with E-state index in [0.29, 0.717) is 11.1 Å². The Bertz CT molecular complexity index is 749. The van der Waals surface area contributed by atoms with Crippen LogP contribution in [0.1, 0.15) is 21.5 Å². The lowest BCUT2D eigenvalue weighted by molar-refractivity contribution is -0.134. The fraction of sp³-hybridized carbons (Fsp3) is 0.111. The van der Waals surface area contributed by atoms with Gasteiger partial charge in [-0.2, -0.15) is 0 Å². The van der Waals surface area contributed by atoms with Crippen molar-refractivity contribution in [3.63, 3.8) is 0 Å². The van der Waals surface area contributed by atoms with Crippen molar-refractivity contribution in [2.24, 2.45) is 0 Å². The molecular formula is C18H14O4. The predicted octanol–water partition coefficient (Wildman–Crippen LogP) is 2.83. The lowest BCUT2D eigenvalue weighted by Gasteiger charge is -2.26. The molecule has 1 heterocycles. The highest BCUT2D eigenvalue weighted by Crippen LogP contribution is 2.42. The molecule has 1 unspecified atom stereocenters. The number of hydrogen-bond acceptors (Lipinski definition) is 4. The van der Waals surface area contributed by atoms with Crippen molar-refractivity contribution < 1.29 is 19.1 Å². The first-order valence-corrected chi connectivity index (χ1v) is 6.83. The second-order valence-corrected chi connectivity index (χ2v) is 4.89. The van der Waals surface area contributed by atoms with Gasteiger partial charge in [-0.3, -0.25) is 0 Å². The van der Waals surface area contributed by atoms with Gasteiger partial charge in [0.15, 0.2) is 5.60 Å². The van der Waals surface area contributed by atoms with Gasteiger partial charge in [0.2, 0.25) is 0 Å². The normalized spacial score (nSPS) is 19.8. The Balaban J connectivity index is 2.20. The molecule has 0 spiro atoms. The standard InChI is InChI=1S/C18H14O4/c1-21-16(19)11-12-18(13-7-3-2-4-8-13)15-10-6-5-9-14(15)17(20)22-18/h2-12H,1H3/b12-11+. The number of cyclic esters (lactones) is 1. The van der Waals surface area contributed by atoms with Gasteiger partial charge in [0, 0.05) is 17.2 Å². The fourth-order valence-corrected chi connectivity index (χ4v) is 2.61. The van der Waals surface area contributed by atoms with Crippen LogP contribution in [-0.2, 0) is 19.9 Å². The Labute approximate surface area is 128 Å². The fourth-order valence-electron chi connectivity index (χ4n) is 2.61. The maximum atomic E-state index is 12.2. The van der Waals surface area contributed by atoms with Gasteiger partial charge in [-0.1, -0.05) is 48.5 Å². The van der Waals surface area contributed by atoms with Crippen molar-refractivity contribution in [1.82, 2.24) is 0 Å². The monoisotopic (exact) mass is 294 g/mol. The van der Waals surface area contributed by atoms with E-state index in [0.717, 1.165) is 5.56 Å². The van der Waals surface area contributed by atoms with E-state index in [-0.39, 0.29) is 0 Å². The van der Waals surface area contributed by atoms with Gasteiger partial charge in [0.05, 0.1) is 12.7 Å². The third kappa shape index (κ3) is 2.19. The number of rotatable bonds is 3. The van der Waals surface area contributed by atoms with E-state index in [2.05, 4.69) is 4.74 Å². The molecule has 1 aliphatic heterocycles. The van der Waals surface area contributed by atoms with Gasteiger partial charge in [0.1, 0.15) is 0 Å². The van der Waals surface area contributed by atoms with E-state index in [4.69, 9.17) is 4.74 Å².